The lowest BCUT2D eigenvalue weighted by Crippen LogP contribution is -2.57. The van der Waals surface area contributed by atoms with Crippen LogP contribution >= 0.6 is 0 Å². The Hall–Kier alpha value is -3.73. The van der Waals surface area contributed by atoms with E-state index >= 15 is 0 Å². The number of H-pyrrole nitrogens is 1. The molecular weight excluding hydrogens is 504 g/mol. The molecule has 0 radical (unpaired) electrons. The van der Waals surface area contributed by atoms with Crippen LogP contribution in [0, 0.1) is 23.5 Å². The molecule has 4 atom stereocenters. The molecule has 2 amide bonds. The zero-order valence-corrected chi connectivity index (χ0v) is 22.5. The largest absolute Gasteiger partial charge is 0.345 e. The van der Waals surface area contributed by atoms with E-state index < -0.39 is 23.3 Å². The zero-order valence-electron chi connectivity index (χ0n) is 22.5. The van der Waals surface area contributed by atoms with Crippen LogP contribution in [0.3, 0.4) is 0 Å². The van der Waals surface area contributed by atoms with Gasteiger partial charge in [0.1, 0.15) is 17.7 Å². The highest BCUT2D eigenvalue weighted by Gasteiger charge is 2.58. The number of nitrogens with one attached hydrogen (secondary N) is 2. The molecule has 3 aromatic rings. The number of halogens is 2. The van der Waals surface area contributed by atoms with E-state index in [9.17, 15) is 18.4 Å². The Morgan fingerprint density at radius 3 is 2.36 bits per heavy atom. The van der Waals surface area contributed by atoms with Crippen LogP contribution < -0.4 is 5.32 Å². The maximum atomic E-state index is 14.2. The van der Waals surface area contributed by atoms with Gasteiger partial charge >= 0.3 is 0 Å². The fourth-order valence-electron chi connectivity index (χ4n) is 6.68. The first-order valence-corrected chi connectivity index (χ1v) is 13.2. The lowest BCUT2D eigenvalue weighted by Gasteiger charge is -2.51. The van der Waals surface area contributed by atoms with E-state index in [0.29, 0.717) is 28.8 Å². The van der Waals surface area contributed by atoms with Crippen LogP contribution in [0.25, 0.3) is 0 Å². The smallest absolute Gasteiger partial charge is 0.251 e. The highest BCUT2D eigenvalue weighted by atomic mass is 19.1. The molecule has 1 spiro atoms. The van der Waals surface area contributed by atoms with Crippen molar-refractivity contribution in [3.8, 4) is 0 Å². The van der Waals surface area contributed by atoms with Crippen molar-refractivity contribution in [2.75, 3.05) is 7.05 Å². The van der Waals surface area contributed by atoms with Crippen molar-refractivity contribution in [2.24, 2.45) is 11.8 Å². The maximum absolute atomic E-state index is 14.2. The molecule has 3 unspecified atom stereocenters. The van der Waals surface area contributed by atoms with Gasteiger partial charge in [-0.2, -0.15) is 5.21 Å². The molecule has 206 valence electrons. The van der Waals surface area contributed by atoms with Gasteiger partial charge in [-0.25, -0.2) is 8.78 Å². The summed E-state index contributed by atoms with van der Waals surface area (Å²) in [6, 6.07) is 9.33. The minimum absolute atomic E-state index is 0.142. The van der Waals surface area contributed by atoms with Crippen molar-refractivity contribution >= 4 is 11.8 Å². The molecule has 5 rings (SSSR count). The van der Waals surface area contributed by atoms with Crippen LogP contribution in [-0.2, 0) is 11.3 Å². The van der Waals surface area contributed by atoms with Gasteiger partial charge in [0.05, 0.1) is 18.2 Å². The van der Waals surface area contributed by atoms with E-state index in [-0.39, 0.29) is 24.4 Å². The van der Waals surface area contributed by atoms with Gasteiger partial charge in [-0.3, -0.25) is 14.5 Å². The lowest BCUT2D eigenvalue weighted by molar-refractivity contribution is -0.138. The monoisotopic (exact) mass is 537 g/mol. The summed E-state index contributed by atoms with van der Waals surface area (Å²) in [6.07, 6.45) is 2.57. The Morgan fingerprint density at radius 1 is 1.13 bits per heavy atom. The molecule has 1 saturated heterocycles. The number of tetrazole rings is 1. The fourth-order valence-corrected chi connectivity index (χ4v) is 6.68. The number of amides is 2. The van der Waals surface area contributed by atoms with Crippen LogP contribution in [0.15, 0.2) is 42.5 Å². The SMILES string of the molecule is CC1CC(C)CC2(C1)N(C)C(c1cc(F)cc(F)c1)C(=O)N2[C@H](C)c1ccc(C(=O)NCc2nn[nH]n2)cc1. The van der Waals surface area contributed by atoms with Crippen molar-refractivity contribution in [1.29, 1.82) is 0 Å². The Labute approximate surface area is 226 Å². The topological polar surface area (TPSA) is 107 Å². The number of hydrogen-bond donors (Lipinski definition) is 2. The summed E-state index contributed by atoms with van der Waals surface area (Å²) in [6.45, 7) is 6.49. The van der Waals surface area contributed by atoms with Gasteiger partial charge in [-0.15, -0.1) is 10.2 Å². The number of aromatic amines is 1. The summed E-state index contributed by atoms with van der Waals surface area (Å²) in [7, 11) is 1.89. The molecule has 2 aromatic carbocycles. The predicted octanol–water partition coefficient (Wildman–Crippen LogP) is 4.14. The lowest BCUT2D eigenvalue weighted by atomic mass is 9.74. The average molecular weight is 538 g/mol. The van der Waals surface area contributed by atoms with Gasteiger partial charge < -0.3 is 10.2 Å². The number of carbonyl (C=O) groups excluding carboxylic acids is 2. The van der Waals surface area contributed by atoms with Gasteiger partial charge in [-0.05, 0) is 80.5 Å². The van der Waals surface area contributed by atoms with E-state index in [1.54, 1.807) is 12.1 Å². The molecule has 2 fully saturated rings. The molecule has 2 aliphatic rings. The van der Waals surface area contributed by atoms with E-state index in [1.165, 1.54) is 12.1 Å². The van der Waals surface area contributed by atoms with Gasteiger partial charge in [0.15, 0.2) is 5.82 Å². The Morgan fingerprint density at radius 2 is 1.77 bits per heavy atom. The average Bonchev–Trinajstić information content (AvgIpc) is 3.46. The van der Waals surface area contributed by atoms with Gasteiger partial charge in [0, 0.05) is 11.6 Å². The van der Waals surface area contributed by atoms with Crippen LogP contribution in [0.5, 0.6) is 0 Å². The summed E-state index contributed by atoms with van der Waals surface area (Å²) in [5.41, 5.74) is 1.03. The molecule has 2 N–H and O–H groups in total. The second kappa shape index (κ2) is 10.4. The van der Waals surface area contributed by atoms with E-state index in [0.717, 1.165) is 30.9 Å². The number of aromatic nitrogens is 4. The minimum Gasteiger partial charge on any atom is -0.345 e. The number of carbonyl (C=O) groups is 2. The maximum Gasteiger partial charge on any atom is 0.251 e. The van der Waals surface area contributed by atoms with E-state index in [4.69, 9.17) is 0 Å². The molecule has 1 saturated carbocycles. The van der Waals surface area contributed by atoms with Crippen molar-refractivity contribution in [1.82, 2.24) is 35.7 Å². The molecule has 39 heavy (non-hydrogen) atoms. The first kappa shape index (κ1) is 26.9. The quantitative estimate of drug-likeness (QED) is 0.490. The molecule has 1 aliphatic heterocycles. The molecule has 0 bridgehead atoms. The first-order valence-electron chi connectivity index (χ1n) is 13.2. The van der Waals surface area contributed by atoms with Crippen molar-refractivity contribution < 1.29 is 18.4 Å². The summed E-state index contributed by atoms with van der Waals surface area (Å²) in [4.78, 5) is 30.7. The Balaban J connectivity index is 1.45. The van der Waals surface area contributed by atoms with Gasteiger partial charge in [-0.1, -0.05) is 31.2 Å². The molecule has 11 heteroatoms. The number of rotatable bonds is 6. The second-order valence-corrected chi connectivity index (χ2v) is 11.1. The summed E-state index contributed by atoms with van der Waals surface area (Å²) in [5.74, 6) is -0.761. The number of benzene rings is 2. The highest BCUT2D eigenvalue weighted by molar-refractivity contribution is 5.94. The molecule has 2 heterocycles. The summed E-state index contributed by atoms with van der Waals surface area (Å²) >= 11 is 0. The van der Waals surface area contributed by atoms with E-state index in [2.05, 4.69) is 39.8 Å². The number of likely N-dealkylation sites (N-methyl/N-ethyl adjacent to an activating group) is 1. The third-order valence-corrected chi connectivity index (χ3v) is 8.16. The number of hydrogen-bond acceptors (Lipinski definition) is 6. The molecular formula is C28H33F2N7O2. The minimum atomic E-state index is -0.801. The second-order valence-electron chi connectivity index (χ2n) is 11.1. The van der Waals surface area contributed by atoms with E-state index in [1.807, 2.05) is 35.9 Å². The third kappa shape index (κ3) is 5.03. The molecule has 1 aromatic heterocycles. The normalized spacial score (nSPS) is 26.3. The Kier molecular flexibility index (Phi) is 7.19. The van der Waals surface area contributed by atoms with Crippen molar-refractivity contribution in [3.63, 3.8) is 0 Å². The molecule has 9 nitrogen and oxygen atoms in total. The standard InChI is InChI=1S/C28H33F2N7O2/c1-16-9-17(2)14-28(13-16)36(4)25(21-10-22(29)12-23(30)11-21)27(39)37(28)18(3)19-5-7-20(8-6-19)26(38)31-15-24-32-34-35-33-24/h5-8,10-12,16-18,25H,9,13-15H2,1-4H3,(H,31,38)(H,32,33,34,35)/t16?,17?,18-,25?,28?/m1/s1. The fraction of sp³-hybridized carbons (Fsp3) is 0.464. The summed E-state index contributed by atoms with van der Waals surface area (Å²) < 4.78 is 28.4. The van der Waals surface area contributed by atoms with Crippen LogP contribution in [0.4, 0.5) is 8.78 Å². The van der Waals surface area contributed by atoms with Gasteiger partial charge in [0.25, 0.3) is 5.91 Å². The zero-order chi connectivity index (χ0) is 27.9. The highest BCUT2D eigenvalue weighted by Crippen LogP contribution is 2.52. The number of nitrogens with zero attached hydrogens (tertiary/aromatic N) is 5. The summed E-state index contributed by atoms with van der Waals surface area (Å²) in [5, 5.41) is 16.2. The van der Waals surface area contributed by atoms with Crippen molar-refractivity contribution in [2.45, 2.75) is 64.3 Å². The van der Waals surface area contributed by atoms with Crippen LogP contribution in [-0.4, -0.2) is 54.9 Å². The Bertz CT molecular complexity index is 1320. The predicted molar refractivity (Wildman–Crippen MR) is 139 cm³/mol. The molecule has 1 aliphatic carbocycles. The van der Waals surface area contributed by atoms with Crippen molar-refractivity contribution in [3.05, 3.63) is 76.6 Å². The van der Waals surface area contributed by atoms with Gasteiger partial charge in [0.2, 0.25) is 5.91 Å². The third-order valence-electron chi connectivity index (χ3n) is 8.16. The van der Waals surface area contributed by atoms with Crippen LogP contribution in [0.2, 0.25) is 0 Å². The van der Waals surface area contributed by atoms with Crippen LogP contribution in [0.1, 0.15) is 79.4 Å². The first-order chi connectivity index (χ1) is 18.6.